The maximum atomic E-state index is 12.4. The van der Waals surface area contributed by atoms with E-state index >= 15 is 0 Å². The lowest BCUT2D eigenvalue weighted by atomic mass is 10.2. The molecule has 116 valence electrons. The van der Waals surface area contributed by atoms with E-state index in [1.807, 2.05) is 36.7 Å². The minimum atomic E-state index is -0.614. The van der Waals surface area contributed by atoms with Crippen LogP contribution in [-0.4, -0.2) is 15.4 Å². The number of benzene rings is 2. The predicted octanol–water partition coefficient (Wildman–Crippen LogP) is 3.20. The topological polar surface area (TPSA) is 77.5 Å². The molecule has 0 fully saturated rings. The van der Waals surface area contributed by atoms with Crippen LogP contribution in [0.15, 0.2) is 47.5 Å². The van der Waals surface area contributed by atoms with Crippen molar-refractivity contribution in [3.05, 3.63) is 68.5 Å². The Balaban J connectivity index is 2.16. The van der Waals surface area contributed by atoms with Crippen LogP contribution in [0.1, 0.15) is 15.9 Å². The quantitative estimate of drug-likeness (QED) is 0.535. The van der Waals surface area contributed by atoms with Crippen LogP contribution in [0, 0.1) is 17.0 Å². The van der Waals surface area contributed by atoms with E-state index in [0.29, 0.717) is 4.80 Å². The Morgan fingerprint density at radius 1 is 1.22 bits per heavy atom. The fourth-order valence-electron chi connectivity index (χ4n) is 2.47. The fraction of sp³-hybridized carbons (Fsp3) is 0.125. The first-order valence-corrected chi connectivity index (χ1v) is 7.68. The van der Waals surface area contributed by atoms with E-state index in [1.165, 1.54) is 29.5 Å². The lowest BCUT2D eigenvalue weighted by molar-refractivity contribution is -0.385. The van der Waals surface area contributed by atoms with Crippen LogP contribution in [0.2, 0.25) is 0 Å². The number of amides is 1. The van der Waals surface area contributed by atoms with Crippen molar-refractivity contribution in [3.8, 4) is 0 Å². The number of para-hydroxylation sites is 2. The molecule has 0 atom stereocenters. The van der Waals surface area contributed by atoms with E-state index in [9.17, 15) is 14.9 Å². The highest BCUT2D eigenvalue weighted by Gasteiger charge is 2.19. The summed E-state index contributed by atoms with van der Waals surface area (Å²) in [5.41, 5.74) is 1.85. The van der Waals surface area contributed by atoms with Gasteiger partial charge in [-0.3, -0.25) is 14.9 Å². The van der Waals surface area contributed by atoms with Gasteiger partial charge in [-0.15, -0.1) is 0 Å². The molecule has 7 heteroatoms. The van der Waals surface area contributed by atoms with Gasteiger partial charge in [-0.1, -0.05) is 35.6 Å². The molecule has 1 heterocycles. The van der Waals surface area contributed by atoms with E-state index in [4.69, 9.17) is 0 Å². The number of fused-ring (bicyclic) bond motifs is 1. The minimum absolute atomic E-state index is 0.00771. The molecule has 3 rings (SSSR count). The molecule has 0 saturated heterocycles. The summed E-state index contributed by atoms with van der Waals surface area (Å²) in [7, 11) is 1.83. The molecule has 3 aromatic rings. The zero-order valence-electron chi connectivity index (χ0n) is 12.5. The Morgan fingerprint density at radius 3 is 2.65 bits per heavy atom. The molecule has 0 aliphatic heterocycles. The summed E-state index contributed by atoms with van der Waals surface area (Å²) in [5, 5.41) is 11.0. The van der Waals surface area contributed by atoms with Gasteiger partial charge >= 0.3 is 0 Å². The van der Waals surface area contributed by atoms with E-state index in [2.05, 4.69) is 4.99 Å². The number of nitro benzene ring substituents is 1. The molecule has 0 saturated carbocycles. The molecule has 0 aliphatic carbocycles. The van der Waals surface area contributed by atoms with Gasteiger partial charge < -0.3 is 4.57 Å². The van der Waals surface area contributed by atoms with Gasteiger partial charge in [0.1, 0.15) is 5.56 Å². The molecular weight excluding hydrogens is 314 g/mol. The number of carbonyl (C=O) groups is 1. The van der Waals surface area contributed by atoms with Gasteiger partial charge in [0.25, 0.3) is 11.6 Å². The monoisotopic (exact) mass is 327 g/mol. The summed E-state index contributed by atoms with van der Waals surface area (Å²) in [5.74, 6) is -0.614. The third kappa shape index (κ3) is 2.66. The Morgan fingerprint density at radius 2 is 1.96 bits per heavy atom. The largest absolute Gasteiger partial charge is 0.319 e. The summed E-state index contributed by atoms with van der Waals surface area (Å²) in [4.78, 5) is 27.4. The van der Waals surface area contributed by atoms with Crippen molar-refractivity contribution in [2.45, 2.75) is 6.92 Å². The SMILES string of the molecule is Cc1cccc2sc(=NC(=O)c3ccccc3[N+](=O)[O-])n(C)c12. The lowest BCUT2D eigenvalue weighted by Gasteiger charge is -1.99. The molecule has 23 heavy (non-hydrogen) atoms. The lowest BCUT2D eigenvalue weighted by Crippen LogP contribution is -2.14. The van der Waals surface area contributed by atoms with Crippen molar-refractivity contribution in [2.24, 2.45) is 12.0 Å². The van der Waals surface area contributed by atoms with Gasteiger partial charge in [0.05, 0.1) is 15.1 Å². The van der Waals surface area contributed by atoms with Crippen molar-refractivity contribution >= 4 is 33.1 Å². The van der Waals surface area contributed by atoms with Crippen LogP contribution in [-0.2, 0) is 7.05 Å². The second kappa shape index (κ2) is 5.77. The summed E-state index contributed by atoms with van der Waals surface area (Å²) in [6, 6.07) is 11.7. The average Bonchev–Trinajstić information content (AvgIpc) is 2.84. The second-order valence-electron chi connectivity index (χ2n) is 5.06. The number of rotatable bonds is 2. The van der Waals surface area contributed by atoms with Gasteiger partial charge in [-0.05, 0) is 24.6 Å². The van der Waals surface area contributed by atoms with Crippen LogP contribution in [0.4, 0.5) is 5.69 Å². The number of aryl methyl sites for hydroxylation is 2. The zero-order valence-corrected chi connectivity index (χ0v) is 13.3. The van der Waals surface area contributed by atoms with E-state index in [1.54, 1.807) is 6.07 Å². The Labute approximate surface area is 135 Å². The molecule has 0 spiro atoms. The van der Waals surface area contributed by atoms with Crippen molar-refractivity contribution in [1.82, 2.24) is 4.57 Å². The van der Waals surface area contributed by atoms with Crippen molar-refractivity contribution < 1.29 is 9.72 Å². The molecule has 0 bridgehead atoms. The van der Waals surface area contributed by atoms with Crippen molar-refractivity contribution in [1.29, 1.82) is 0 Å². The van der Waals surface area contributed by atoms with Gasteiger partial charge in [0.2, 0.25) is 0 Å². The summed E-state index contributed by atoms with van der Waals surface area (Å²) >= 11 is 1.38. The third-order valence-corrected chi connectivity index (χ3v) is 4.65. The van der Waals surface area contributed by atoms with Crippen molar-refractivity contribution in [2.75, 3.05) is 0 Å². The number of thiazole rings is 1. The predicted molar refractivity (Wildman–Crippen MR) is 88.5 cm³/mol. The first kappa shape index (κ1) is 15.1. The van der Waals surface area contributed by atoms with Crippen LogP contribution in [0.3, 0.4) is 0 Å². The van der Waals surface area contributed by atoms with Gasteiger partial charge in [0, 0.05) is 13.1 Å². The third-order valence-electron chi connectivity index (χ3n) is 3.55. The number of carbonyl (C=O) groups excluding carboxylic acids is 1. The highest BCUT2D eigenvalue weighted by Crippen LogP contribution is 2.21. The highest BCUT2D eigenvalue weighted by atomic mass is 32.1. The molecule has 0 unspecified atom stereocenters. The van der Waals surface area contributed by atoms with Crippen LogP contribution in [0.5, 0.6) is 0 Å². The van der Waals surface area contributed by atoms with Crippen LogP contribution >= 0.6 is 11.3 Å². The van der Waals surface area contributed by atoms with Gasteiger partial charge in [-0.25, -0.2) is 0 Å². The normalized spacial score (nSPS) is 11.8. The summed E-state index contributed by atoms with van der Waals surface area (Å²) < 4.78 is 2.85. The van der Waals surface area contributed by atoms with E-state index in [-0.39, 0.29) is 11.3 Å². The van der Waals surface area contributed by atoms with E-state index < -0.39 is 10.8 Å². The Bertz CT molecular complexity index is 1000. The first-order chi connectivity index (χ1) is 11.0. The standard InChI is InChI=1S/C16H13N3O3S/c1-10-6-5-9-13-14(10)18(2)16(23-13)17-15(20)11-7-3-4-8-12(11)19(21)22/h3-9H,1-2H3. The average molecular weight is 327 g/mol. The molecule has 6 nitrogen and oxygen atoms in total. The first-order valence-electron chi connectivity index (χ1n) is 6.86. The second-order valence-corrected chi connectivity index (χ2v) is 6.07. The Hall–Kier alpha value is -2.80. The number of hydrogen-bond acceptors (Lipinski definition) is 4. The number of aromatic nitrogens is 1. The fourth-order valence-corrected chi connectivity index (χ4v) is 3.56. The number of nitro groups is 1. The molecular formula is C16H13N3O3S. The smallest absolute Gasteiger partial charge is 0.286 e. The maximum Gasteiger partial charge on any atom is 0.286 e. The maximum absolute atomic E-state index is 12.4. The number of nitrogens with zero attached hydrogens (tertiary/aromatic N) is 3. The summed E-state index contributed by atoms with van der Waals surface area (Å²) in [6.07, 6.45) is 0. The molecule has 1 amide bonds. The molecule has 0 radical (unpaired) electrons. The van der Waals surface area contributed by atoms with Gasteiger partial charge in [-0.2, -0.15) is 4.99 Å². The number of hydrogen-bond donors (Lipinski definition) is 0. The highest BCUT2D eigenvalue weighted by molar-refractivity contribution is 7.16. The molecule has 2 aromatic carbocycles. The zero-order chi connectivity index (χ0) is 16.6. The van der Waals surface area contributed by atoms with Crippen molar-refractivity contribution in [3.63, 3.8) is 0 Å². The van der Waals surface area contributed by atoms with Crippen LogP contribution in [0.25, 0.3) is 10.2 Å². The van der Waals surface area contributed by atoms with E-state index in [0.717, 1.165) is 15.8 Å². The molecule has 0 aliphatic rings. The summed E-state index contributed by atoms with van der Waals surface area (Å²) in [6.45, 7) is 1.99. The minimum Gasteiger partial charge on any atom is -0.319 e. The van der Waals surface area contributed by atoms with Gasteiger partial charge in [0.15, 0.2) is 4.80 Å². The van der Waals surface area contributed by atoms with Crippen LogP contribution < -0.4 is 4.80 Å². The Kier molecular flexibility index (Phi) is 3.79. The molecule has 0 N–H and O–H groups in total. The molecule has 1 aromatic heterocycles.